The van der Waals surface area contributed by atoms with Gasteiger partial charge in [0.05, 0.1) is 12.3 Å². The molecule has 1 aliphatic heterocycles. The summed E-state index contributed by atoms with van der Waals surface area (Å²) in [6.07, 6.45) is 2.43. The predicted molar refractivity (Wildman–Crippen MR) is 74.4 cm³/mol. The highest BCUT2D eigenvalue weighted by Crippen LogP contribution is 2.14. The minimum absolute atomic E-state index is 0.106. The van der Waals surface area contributed by atoms with Gasteiger partial charge in [-0.1, -0.05) is 0 Å². The van der Waals surface area contributed by atoms with Crippen molar-refractivity contribution in [3.05, 3.63) is 0 Å². The molecule has 0 aromatic rings. The minimum atomic E-state index is -3.69. The molecular formula is C10H20N4O4S2. The monoisotopic (exact) mass is 324 g/mol. The molecule has 1 heterocycles. The van der Waals surface area contributed by atoms with E-state index in [4.69, 9.17) is 5.26 Å². The number of piperidine rings is 1. The third-order valence-corrected chi connectivity index (χ3v) is 6.02. The zero-order valence-corrected chi connectivity index (χ0v) is 13.2. The topological polar surface area (TPSA) is 111 Å². The number of hydrogen-bond acceptors (Lipinski definition) is 5. The molecule has 0 spiro atoms. The van der Waals surface area contributed by atoms with Crippen molar-refractivity contribution in [1.29, 1.82) is 5.26 Å². The van der Waals surface area contributed by atoms with Crippen LogP contribution in [0.25, 0.3) is 0 Å². The van der Waals surface area contributed by atoms with Crippen LogP contribution in [0.1, 0.15) is 19.3 Å². The maximum atomic E-state index is 12.0. The Morgan fingerprint density at radius 1 is 1.40 bits per heavy atom. The number of nitrogens with one attached hydrogen (secondary N) is 1. The molecule has 1 aliphatic rings. The third kappa shape index (κ3) is 4.99. The number of hydrogen-bond donors (Lipinski definition) is 1. The zero-order chi connectivity index (χ0) is 15.4. The fourth-order valence-electron chi connectivity index (χ4n) is 1.97. The Morgan fingerprint density at radius 2 is 2.05 bits per heavy atom. The Kier molecular flexibility index (Phi) is 5.91. The van der Waals surface area contributed by atoms with Crippen LogP contribution >= 0.6 is 0 Å². The molecular weight excluding hydrogens is 304 g/mol. The highest BCUT2D eigenvalue weighted by Gasteiger charge is 2.29. The molecule has 0 aliphatic carbocycles. The summed E-state index contributed by atoms with van der Waals surface area (Å²) >= 11 is 0. The van der Waals surface area contributed by atoms with E-state index >= 15 is 0 Å². The van der Waals surface area contributed by atoms with Crippen molar-refractivity contribution >= 4 is 20.2 Å². The molecule has 1 atom stereocenters. The van der Waals surface area contributed by atoms with Crippen LogP contribution in [0.2, 0.25) is 0 Å². The zero-order valence-electron chi connectivity index (χ0n) is 11.6. The van der Waals surface area contributed by atoms with Gasteiger partial charge in [0.1, 0.15) is 0 Å². The number of sulfonamides is 1. The smallest absolute Gasteiger partial charge is 0.213 e. The van der Waals surface area contributed by atoms with Crippen molar-refractivity contribution in [3.8, 4) is 6.07 Å². The van der Waals surface area contributed by atoms with Crippen molar-refractivity contribution < 1.29 is 16.8 Å². The van der Waals surface area contributed by atoms with Crippen LogP contribution < -0.4 is 4.72 Å². The van der Waals surface area contributed by atoms with Crippen molar-refractivity contribution in [3.63, 3.8) is 0 Å². The van der Waals surface area contributed by atoms with Gasteiger partial charge in [-0.15, -0.1) is 0 Å². The molecule has 1 rings (SSSR count). The second-order valence-electron chi connectivity index (χ2n) is 4.81. The molecule has 1 unspecified atom stereocenters. The van der Waals surface area contributed by atoms with Crippen molar-refractivity contribution in [2.45, 2.75) is 25.3 Å². The van der Waals surface area contributed by atoms with Gasteiger partial charge in [-0.3, -0.25) is 0 Å². The van der Waals surface area contributed by atoms with Crippen molar-refractivity contribution in [1.82, 2.24) is 13.3 Å². The van der Waals surface area contributed by atoms with Crippen LogP contribution in [0, 0.1) is 11.3 Å². The van der Waals surface area contributed by atoms with E-state index in [1.165, 1.54) is 11.4 Å². The summed E-state index contributed by atoms with van der Waals surface area (Å²) in [7, 11) is -5.61. The fraction of sp³-hybridized carbons (Fsp3) is 0.900. The molecule has 1 fully saturated rings. The number of nitrogens with zero attached hydrogens (tertiary/aromatic N) is 3. The Labute approximate surface area is 120 Å². The highest BCUT2D eigenvalue weighted by molar-refractivity contribution is 7.88. The van der Waals surface area contributed by atoms with Gasteiger partial charge in [-0.05, 0) is 12.8 Å². The van der Waals surface area contributed by atoms with E-state index in [9.17, 15) is 16.8 Å². The molecule has 116 valence electrons. The molecule has 0 bridgehead atoms. The summed E-state index contributed by atoms with van der Waals surface area (Å²) in [5.41, 5.74) is 0. The molecule has 20 heavy (non-hydrogen) atoms. The minimum Gasteiger partial charge on any atom is -0.213 e. The summed E-state index contributed by atoms with van der Waals surface area (Å²) in [6, 6.07) is 1.44. The Bertz CT molecular complexity index is 567. The lowest BCUT2D eigenvalue weighted by atomic mass is 10.1. The SMILES string of the molecule is CN(CCC#N)S(=O)(=O)NC1CCCN(S(C)(=O)=O)C1. The summed E-state index contributed by atoms with van der Waals surface area (Å²) in [4.78, 5) is 0. The lowest BCUT2D eigenvalue weighted by Crippen LogP contribution is -2.52. The van der Waals surface area contributed by atoms with Crippen LogP contribution in [0.5, 0.6) is 0 Å². The summed E-state index contributed by atoms with van der Waals surface area (Å²) in [6.45, 7) is 0.666. The van der Waals surface area contributed by atoms with Crippen molar-refractivity contribution in [2.75, 3.05) is 32.9 Å². The molecule has 1 saturated heterocycles. The molecule has 0 aromatic heterocycles. The summed E-state index contributed by atoms with van der Waals surface area (Å²) in [5.74, 6) is 0. The first-order chi connectivity index (χ1) is 9.16. The van der Waals surface area contributed by atoms with Gasteiger partial charge < -0.3 is 0 Å². The molecule has 8 nitrogen and oxygen atoms in total. The van der Waals surface area contributed by atoms with Crippen LogP contribution in [0.3, 0.4) is 0 Å². The first-order valence-electron chi connectivity index (χ1n) is 6.22. The number of nitriles is 1. The van der Waals surface area contributed by atoms with Gasteiger partial charge in [-0.2, -0.15) is 22.7 Å². The van der Waals surface area contributed by atoms with E-state index in [-0.39, 0.29) is 19.5 Å². The Balaban J connectivity index is 2.66. The molecule has 0 aromatic carbocycles. The normalized spacial score (nSPS) is 21.8. The van der Waals surface area contributed by atoms with Gasteiger partial charge in [0.2, 0.25) is 10.0 Å². The van der Waals surface area contributed by atoms with Crippen LogP contribution in [-0.4, -0.2) is 64.4 Å². The first-order valence-corrected chi connectivity index (χ1v) is 9.51. The van der Waals surface area contributed by atoms with Gasteiger partial charge in [-0.25, -0.2) is 12.7 Å². The van der Waals surface area contributed by atoms with E-state index in [1.54, 1.807) is 0 Å². The Hall–Kier alpha value is -0.730. The van der Waals surface area contributed by atoms with E-state index < -0.39 is 26.3 Å². The van der Waals surface area contributed by atoms with Crippen LogP contribution in [0.15, 0.2) is 0 Å². The van der Waals surface area contributed by atoms with Gasteiger partial charge >= 0.3 is 0 Å². The van der Waals surface area contributed by atoms with E-state index in [0.717, 1.165) is 10.6 Å². The largest absolute Gasteiger partial charge is 0.279 e. The lowest BCUT2D eigenvalue weighted by molar-refractivity contribution is 0.301. The molecule has 0 saturated carbocycles. The van der Waals surface area contributed by atoms with Crippen LogP contribution in [-0.2, 0) is 20.2 Å². The molecule has 1 N–H and O–H groups in total. The second kappa shape index (κ2) is 6.82. The number of rotatable bonds is 6. The quantitative estimate of drug-likeness (QED) is 0.680. The highest BCUT2D eigenvalue weighted by atomic mass is 32.2. The first kappa shape index (κ1) is 17.3. The third-order valence-electron chi connectivity index (χ3n) is 3.12. The average molecular weight is 324 g/mol. The van der Waals surface area contributed by atoms with E-state index in [1.807, 2.05) is 6.07 Å². The molecule has 0 amide bonds. The summed E-state index contributed by atoms with van der Waals surface area (Å²) < 4.78 is 51.8. The average Bonchev–Trinajstić information content (AvgIpc) is 2.34. The molecule has 10 heteroatoms. The van der Waals surface area contributed by atoms with Gasteiger partial charge in [0, 0.05) is 39.1 Å². The van der Waals surface area contributed by atoms with E-state index in [2.05, 4.69) is 4.72 Å². The Morgan fingerprint density at radius 3 is 2.60 bits per heavy atom. The van der Waals surface area contributed by atoms with Crippen molar-refractivity contribution in [2.24, 2.45) is 0 Å². The van der Waals surface area contributed by atoms with E-state index in [0.29, 0.717) is 19.4 Å². The molecule has 0 radical (unpaired) electrons. The predicted octanol–water partition coefficient (Wildman–Crippen LogP) is -0.910. The fourth-order valence-corrected chi connectivity index (χ4v) is 4.00. The summed E-state index contributed by atoms with van der Waals surface area (Å²) in [5, 5.41) is 8.46. The standard InChI is InChI=1S/C10H20N4O4S2/c1-13(7-4-6-11)20(17,18)12-10-5-3-8-14(9-10)19(2,15)16/h10,12H,3-5,7-9H2,1-2H3. The maximum absolute atomic E-state index is 12.0. The van der Waals surface area contributed by atoms with Gasteiger partial charge in [0.15, 0.2) is 0 Å². The van der Waals surface area contributed by atoms with Crippen LogP contribution in [0.4, 0.5) is 0 Å². The maximum Gasteiger partial charge on any atom is 0.279 e. The van der Waals surface area contributed by atoms with Gasteiger partial charge in [0.25, 0.3) is 10.2 Å². The second-order valence-corrected chi connectivity index (χ2v) is 8.60. The lowest BCUT2D eigenvalue weighted by Gasteiger charge is -2.32.